The number of amides is 5. The lowest BCUT2D eigenvalue weighted by atomic mass is 9.70. The van der Waals surface area contributed by atoms with Crippen molar-refractivity contribution in [3.63, 3.8) is 0 Å². The van der Waals surface area contributed by atoms with Gasteiger partial charge >= 0.3 is 12.1 Å². The Bertz CT molecular complexity index is 1270. The monoisotopic (exact) mass is 697 g/mol. The average molecular weight is 698 g/mol. The van der Waals surface area contributed by atoms with Crippen LogP contribution in [0, 0.1) is 28.6 Å². The van der Waals surface area contributed by atoms with E-state index in [1.165, 1.54) is 11.0 Å². The van der Waals surface area contributed by atoms with Crippen molar-refractivity contribution in [3.8, 4) is 0 Å². The minimum atomic E-state index is -5.21. The zero-order chi connectivity index (χ0) is 36.9. The van der Waals surface area contributed by atoms with Crippen molar-refractivity contribution in [2.24, 2.45) is 28.6 Å². The fourth-order valence-corrected chi connectivity index (χ4v) is 7.14. The van der Waals surface area contributed by atoms with Gasteiger partial charge in [0.2, 0.25) is 23.5 Å². The average Bonchev–Trinajstić information content (AvgIpc) is 3.72. The molecule has 1 saturated heterocycles. The molecule has 5 amide bonds. The molecule has 0 radical (unpaired) electrons. The molecule has 2 aliphatic carbocycles. The third-order valence-electron chi connectivity index (χ3n) is 10.3. The number of nitrogens with one attached hydrogen (secondary N) is 4. The van der Waals surface area contributed by atoms with Gasteiger partial charge in [-0.25, -0.2) is 0 Å². The predicted molar refractivity (Wildman–Crippen MR) is 176 cm³/mol. The van der Waals surface area contributed by atoms with Gasteiger partial charge in [0.15, 0.2) is 0 Å². The van der Waals surface area contributed by atoms with E-state index in [1.807, 2.05) is 19.2 Å². The highest BCUT2D eigenvalue weighted by atomic mass is 19.4. The first-order chi connectivity index (χ1) is 22.7. The molecule has 11 nitrogen and oxygen atoms in total. The number of hydrogen-bond donors (Lipinski definition) is 4. The van der Waals surface area contributed by atoms with Crippen molar-refractivity contribution in [1.29, 1.82) is 0 Å². The maximum atomic E-state index is 14.4. The molecule has 276 valence electrons. The van der Waals surface area contributed by atoms with Crippen LogP contribution in [-0.4, -0.2) is 83.7 Å². The Morgan fingerprint density at radius 2 is 1.55 bits per heavy atom. The summed E-state index contributed by atoms with van der Waals surface area (Å²) < 4.78 is 40.2. The molecule has 0 aromatic rings. The highest BCUT2D eigenvalue weighted by Crippen LogP contribution is 2.40. The minimum Gasteiger partial charge on any atom is -0.346 e. The number of ketones is 1. The molecule has 3 aliphatic rings. The summed E-state index contributed by atoms with van der Waals surface area (Å²) in [6.07, 6.45) is 1.71. The third kappa shape index (κ3) is 10.3. The topological polar surface area (TPSA) is 154 Å². The van der Waals surface area contributed by atoms with Crippen LogP contribution >= 0.6 is 0 Å². The van der Waals surface area contributed by atoms with Crippen LogP contribution in [0.15, 0.2) is 12.7 Å². The molecule has 0 aromatic heterocycles. The second-order valence-corrected chi connectivity index (χ2v) is 15.7. The fraction of sp³-hybridized carbons (Fsp3) is 0.771. The van der Waals surface area contributed by atoms with E-state index in [9.17, 15) is 41.9 Å². The highest BCUT2D eigenvalue weighted by molar-refractivity contribution is 6.38. The van der Waals surface area contributed by atoms with Crippen LogP contribution in [-0.2, 0) is 28.8 Å². The second kappa shape index (κ2) is 16.1. The molecule has 3 rings (SSSR count). The van der Waals surface area contributed by atoms with Crippen LogP contribution in [0.25, 0.3) is 0 Å². The molecule has 0 aromatic carbocycles. The number of likely N-dealkylation sites (tertiary alicyclic amines) is 1. The van der Waals surface area contributed by atoms with Crippen LogP contribution < -0.4 is 21.3 Å². The fourth-order valence-electron chi connectivity index (χ4n) is 7.14. The van der Waals surface area contributed by atoms with Gasteiger partial charge in [-0.3, -0.25) is 28.8 Å². The molecule has 14 heteroatoms. The molecule has 1 unspecified atom stereocenters. The summed E-state index contributed by atoms with van der Waals surface area (Å²) in [5.74, 6) is -6.16. The summed E-state index contributed by atoms with van der Waals surface area (Å²) in [5, 5.41) is 9.83. The molecule has 2 saturated carbocycles. The Labute approximate surface area is 287 Å². The van der Waals surface area contributed by atoms with Crippen molar-refractivity contribution in [3.05, 3.63) is 12.7 Å². The molecule has 1 heterocycles. The molecule has 49 heavy (non-hydrogen) atoms. The first kappa shape index (κ1) is 40.0. The Morgan fingerprint density at radius 3 is 2.06 bits per heavy atom. The van der Waals surface area contributed by atoms with Crippen LogP contribution in [0.2, 0.25) is 0 Å². The van der Waals surface area contributed by atoms with Crippen molar-refractivity contribution in [2.75, 3.05) is 13.1 Å². The molecule has 5 atom stereocenters. The first-order valence-electron chi connectivity index (χ1n) is 17.4. The number of hydrogen-bond acceptors (Lipinski definition) is 6. The molecule has 0 spiro atoms. The van der Waals surface area contributed by atoms with Crippen molar-refractivity contribution in [2.45, 2.75) is 130 Å². The Balaban J connectivity index is 1.91. The molecule has 0 bridgehead atoms. The van der Waals surface area contributed by atoms with E-state index in [-0.39, 0.29) is 37.3 Å². The van der Waals surface area contributed by atoms with Gasteiger partial charge in [-0.1, -0.05) is 79.7 Å². The Kier molecular flexibility index (Phi) is 13.1. The van der Waals surface area contributed by atoms with Gasteiger partial charge in [-0.2, -0.15) is 13.2 Å². The molecule has 1 aliphatic heterocycles. The van der Waals surface area contributed by atoms with Crippen LogP contribution in [0.3, 0.4) is 0 Å². The van der Waals surface area contributed by atoms with E-state index in [1.54, 1.807) is 27.7 Å². The zero-order valence-corrected chi connectivity index (χ0v) is 29.6. The second-order valence-electron chi connectivity index (χ2n) is 15.7. The number of halogens is 3. The van der Waals surface area contributed by atoms with Crippen LogP contribution in [0.5, 0.6) is 0 Å². The number of alkyl halides is 3. The van der Waals surface area contributed by atoms with E-state index in [4.69, 9.17) is 0 Å². The quantitative estimate of drug-likeness (QED) is 0.161. The third-order valence-corrected chi connectivity index (χ3v) is 10.3. The lowest BCUT2D eigenvalue weighted by molar-refractivity contribution is -0.176. The maximum Gasteiger partial charge on any atom is 0.471 e. The molecule has 3 fully saturated rings. The number of carbonyl (C=O) groups is 6. The summed E-state index contributed by atoms with van der Waals surface area (Å²) in [4.78, 5) is 81.6. The largest absolute Gasteiger partial charge is 0.471 e. The van der Waals surface area contributed by atoms with Crippen LogP contribution in [0.4, 0.5) is 13.2 Å². The van der Waals surface area contributed by atoms with E-state index < -0.39 is 76.5 Å². The lowest BCUT2D eigenvalue weighted by Gasteiger charge is -2.42. The van der Waals surface area contributed by atoms with Gasteiger partial charge < -0.3 is 26.2 Å². The van der Waals surface area contributed by atoms with E-state index >= 15 is 0 Å². The number of rotatable bonds is 14. The van der Waals surface area contributed by atoms with Gasteiger partial charge in [-0.05, 0) is 54.3 Å². The van der Waals surface area contributed by atoms with Crippen molar-refractivity contribution in [1.82, 2.24) is 26.2 Å². The minimum absolute atomic E-state index is 0.0575. The molecule has 4 N–H and O–H groups in total. The smallest absolute Gasteiger partial charge is 0.346 e. The SMILES string of the molecule is C=CCNC(=O)C(=O)C(CC1CC1)NC(=O)[C@@H]1[C@@H](C(C)C)CCN1C(=O)[C@@H](NC(=O)[C@@H](NC(=O)C(F)(F)F)C1(C)CCCCC1)C(C)(C)C. The number of Topliss-reactive ketones (excluding diaryl/α,β-unsaturated/α-hetero) is 1. The van der Waals surface area contributed by atoms with Crippen LogP contribution in [0.1, 0.15) is 99.3 Å². The summed E-state index contributed by atoms with van der Waals surface area (Å²) in [7, 11) is 0. The zero-order valence-electron chi connectivity index (χ0n) is 29.6. The van der Waals surface area contributed by atoms with Gasteiger partial charge in [0.25, 0.3) is 5.91 Å². The number of carbonyl (C=O) groups excluding carboxylic acids is 6. The van der Waals surface area contributed by atoms with Crippen molar-refractivity contribution < 1.29 is 41.9 Å². The molecular formula is C35H54F3N5O6. The summed E-state index contributed by atoms with van der Waals surface area (Å²) >= 11 is 0. The summed E-state index contributed by atoms with van der Waals surface area (Å²) in [5.41, 5.74) is -1.93. The predicted octanol–water partition coefficient (Wildman–Crippen LogP) is 3.56. The Hall–Kier alpha value is -3.45. The van der Waals surface area contributed by atoms with E-state index in [2.05, 4.69) is 22.5 Å². The van der Waals surface area contributed by atoms with Gasteiger partial charge in [0.1, 0.15) is 18.1 Å². The standard InChI is InChI=1S/C35H54F3N5O6/c1-8-17-39-29(46)25(44)23(19-21-12-13-21)40-28(45)24-22(20(2)3)14-18-43(24)31(48)27(33(4,5)6)41-30(47)26(42-32(49)35(36,37)38)34(7)15-10-9-11-16-34/h8,20-24,26-27H,1,9-19H2,2-7H3,(H,39,46)(H,40,45)(H,41,47)(H,42,49)/t22-,23?,24+,26-,27-/m1/s1. The van der Waals surface area contributed by atoms with Gasteiger partial charge in [0.05, 0.1) is 6.04 Å². The maximum absolute atomic E-state index is 14.4. The molecular weight excluding hydrogens is 643 g/mol. The van der Waals surface area contributed by atoms with E-state index in [0.29, 0.717) is 32.1 Å². The summed E-state index contributed by atoms with van der Waals surface area (Å²) in [6, 6.07) is -4.95. The van der Waals surface area contributed by atoms with E-state index in [0.717, 1.165) is 19.3 Å². The normalized spacial score (nSPS) is 22.8. The highest BCUT2D eigenvalue weighted by Gasteiger charge is 2.51. The Morgan fingerprint density at radius 1 is 0.939 bits per heavy atom. The van der Waals surface area contributed by atoms with Gasteiger partial charge in [-0.15, -0.1) is 6.58 Å². The first-order valence-corrected chi connectivity index (χ1v) is 17.4. The lowest BCUT2D eigenvalue weighted by Crippen LogP contribution is -2.64. The van der Waals surface area contributed by atoms with Gasteiger partial charge in [0, 0.05) is 13.1 Å². The summed E-state index contributed by atoms with van der Waals surface area (Å²) in [6.45, 7) is 14.3. The van der Waals surface area contributed by atoms with Crippen molar-refractivity contribution >= 4 is 35.3 Å². The number of nitrogens with zero attached hydrogens (tertiary/aromatic N) is 1.